The number of hydrogen-bond donors (Lipinski definition) is 0. The van der Waals surface area contributed by atoms with Crippen LogP contribution in [0.1, 0.15) is 32.0 Å². The zero-order chi connectivity index (χ0) is 14.2. The third kappa shape index (κ3) is 3.07. The number of fused-ring (bicyclic) bond motifs is 1. The van der Waals surface area contributed by atoms with E-state index in [9.17, 15) is 4.79 Å². The summed E-state index contributed by atoms with van der Waals surface area (Å²) in [6.45, 7) is 6.19. The van der Waals surface area contributed by atoms with Gasteiger partial charge >= 0.3 is 6.09 Å². The van der Waals surface area contributed by atoms with Gasteiger partial charge in [0.15, 0.2) is 0 Å². The van der Waals surface area contributed by atoms with Crippen molar-refractivity contribution in [3.63, 3.8) is 0 Å². The lowest BCUT2D eigenvalue weighted by Gasteiger charge is -2.23. The van der Waals surface area contributed by atoms with Gasteiger partial charge in [0.25, 0.3) is 0 Å². The molecule has 2 heterocycles. The van der Waals surface area contributed by atoms with E-state index in [2.05, 4.69) is 9.97 Å². The van der Waals surface area contributed by atoms with Crippen molar-refractivity contribution in [1.82, 2.24) is 14.9 Å². The summed E-state index contributed by atoms with van der Waals surface area (Å²) in [5.74, 6) is 0.404. The SMILES string of the molecule is COc1nc(Cl)nc2c1CN(C(=O)OC(C)(C)C)C2. The van der Waals surface area contributed by atoms with Gasteiger partial charge in [-0.2, -0.15) is 4.98 Å². The van der Waals surface area contributed by atoms with Crippen LogP contribution in [0.3, 0.4) is 0 Å². The number of nitrogens with zero attached hydrogens (tertiary/aromatic N) is 3. The molecule has 0 atom stereocenters. The van der Waals surface area contributed by atoms with E-state index in [4.69, 9.17) is 21.1 Å². The van der Waals surface area contributed by atoms with Gasteiger partial charge in [0.2, 0.25) is 11.2 Å². The molecule has 0 aromatic carbocycles. The van der Waals surface area contributed by atoms with E-state index in [1.165, 1.54) is 7.11 Å². The van der Waals surface area contributed by atoms with E-state index >= 15 is 0 Å². The number of methoxy groups -OCH3 is 1. The van der Waals surface area contributed by atoms with Crippen molar-refractivity contribution >= 4 is 17.7 Å². The first kappa shape index (κ1) is 13.9. The Labute approximate surface area is 116 Å². The second-order valence-corrected chi connectivity index (χ2v) is 5.60. The van der Waals surface area contributed by atoms with Crippen LogP contribution in [0.2, 0.25) is 5.28 Å². The van der Waals surface area contributed by atoms with Gasteiger partial charge in [0, 0.05) is 0 Å². The van der Waals surface area contributed by atoms with Crippen molar-refractivity contribution in [2.24, 2.45) is 0 Å². The normalized spacial score (nSPS) is 14.3. The maximum Gasteiger partial charge on any atom is 0.410 e. The quantitative estimate of drug-likeness (QED) is 0.741. The van der Waals surface area contributed by atoms with Crippen LogP contribution in [0.25, 0.3) is 0 Å². The monoisotopic (exact) mass is 285 g/mol. The van der Waals surface area contributed by atoms with Gasteiger partial charge in [-0.25, -0.2) is 9.78 Å². The molecular weight excluding hydrogens is 270 g/mol. The summed E-state index contributed by atoms with van der Waals surface area (Å²) in [5, 5.41) is 0.113. The highest BCUT2D eigenvalue weighted by atomic mass is 35.5. The molecule has 0 saturated carbocycles. The Kier molecular flexibility index (Phi) is 3.54. The second-order valence-electron chi connectivity index (χ2n) is 5.26. The Morgan fingerprint density at radius 1 is 1.32 bits per heavy atom. The lowest BCUT2D eigenvalue weighted by molar-refractivity contribution is 0.0240. The van der Waals surface area contributed by atoms with E-state index in [-0.39, 0.29) is 11.4 Å². The largest absolute Gasteiger partial charge is 0.481 e. The maximum absolute atomic E-state index is 12.0. The Morgan fingerprint density at radius 3 is 2.58 bits per heavy atom. The number of halogens is 1. The molecule has 19 heavy (non-hydrogen) atoms. The summed E-state index contributed by atoms with van der Waals surface area (Å²) in [4.78, 5) is 21.6. The molecule has 7 heteroatoms. The summed E-state index contributed by atoms with van der Waals surface area (Å²) < 4.78 is 10.5. The van der Waals surface area contributed by atoms with Crippen LogP contribution < -0.4 is 4.74 Å². The fourth-order valence-electron chi connectivity index (χ4n) is 1.82. The van der Waals surface area contributed by atoms with E-state index in [1.807, 2.05) is 20.8 Å². The molecule has 1 aliphatic heterocycles. The highest BCUT2D eigenvalue weighted by Gasteiger charge is 2.31. The third-order valence-electron chi connectivity index (χ3n) is 2.56. The van der Waals surface area contributed by atoms with Crippen LogP contribution in [0.5, 0.6) is 5.88 Å². The van der Waals surface area contributed by atoms with Crippen LogP contribution in [0.15, 0.2) is 0 Å². The fourth-order valence-corrected chi connectivity index (χ4v) is 2.00. The van der Waals surface area contributed by atoms with Crippen molar-refractivity contribution in [3.05, 3.63) is 16.5 Å². The maximum atomic E-state index is 12.0. The van der Waals surface area contributed by atoms with Gasteiger partial charge in [-0.15, -0.1) is 0 Å². The molecule has 1 amide bonds. The molecular formula is C12H16ClN3O3. The molecule has 0 aliphatic carbocycles. The number of amides is 1. The smallest absolute Gasteiger partial charge is 0.410 e. The molecule has 104 valence electrons. The molecule has 0 spiro atoms. The average molecular weight is 286 g/mol. The minimum atomic E-state index is -0.529. The molecule has 2 rings (SSSR count). The van der Waals surface area contributed by atoms with Crippen LogP contribution in [0.4, 0.5) is 4.79 Å². The summed E-state index contributed by atoms with van der Waals surface area (Å²) in [6.07, 6.45) is -0.385. The number of carbonyl (C=O) groups excluding carboxylic acids is 1. The van der Waals surface area contributed by atoms with Crippen molar-refractivity contribution in [2.45, 2.75) is 39.5 Å². The minimum Gasteiger partial charge on any atom is -0.481 e. The number of carbonyl (C=O) groups is 1. The zero-order valence-corrected chi connectivity index (χ0v) is 12.1. The predicted molar refractivity (Wildman–Crippen MR) is 69.1 cm³/mol. The van der Waals surface area contributed by atoms with Crippen LogP contribution in [-0.2, 0) is 17.8 Å². The van der Waals surface area contributed by atoms with E-state index in [0.717, 1.165) is 5.56 Å². The van der Waals surface area contributed by atoms with E-state index in [1.54, 1.807) is 4.90 Å². The molecule has 0 fully saturated rings. The van der Waals surface area contributed by atoms with Crippen molar-refractivity contribution < 1.29 is 14.3 Å². The number of rotatable bonds is 1. The zero-order valence-electron chi connectivity index (χ0n) is 11.4. The van der Waals surface area contributed by atoms with Gasteiger partial charge in [0.1, 0.15) is 5.60 Å². The lowest BCUT2D eigenvalue weighted by Crippen LogP contribution is -2.33. The molecule has 1 aliphatic rings. The molecule has 0 saturated heterocycles. The topological polar surface area (TPSA) is 64.6 Å². The standard InChI is InChI=1S/C12H16ClN3O3/c1-12(2,3)19-11(17)16-5-7-8(6-16)14-10(13)15-9(7)18-4/h5-6H2,1-4H3. The third-order valence-corrected chi connectivity index (χ3v) is 2.73. The van der Waals surface area contributed by atoms with Gasteiger partial charge in [0.05, 0.1) is 31.5 Å². The Morgan fingerprint density at radius 2 is 2.00 bits per heavy atom. The first-order valence-electron chi connectivity index (χ1n) is 5.87. The van der Waals surface area contributed by atoms with Gasteiger partial charge in [-0.1, -0.05) is 0 Å². The number of ether oxygens (including phenoxy) is 2. The van der Waals surface area contributed by atoms with E-state index < -0.39 is 5.60 Å². The van der Waals surface area contributed by atoms with Gasteiger partial charge < -0.3 is 9.47 Å². The Balaban J connectivity index is 2.18. The first-order valence-corrected chi connectivity index (χ1v) is 6.25. The van der Waals surface area contributed by atoms with Crippen molar-refractivity contribution in [2.75, 3.05) is 7.11 Å². The van der Waals surface area contributed by atoms with Gasteiger partial charge in [-0.05, 0) is 32.4 Å². The highest BCUT2D eigenvalue weighted by Crippen LogP contribution is 2.30. The molecule has 0 N–H and O–H groups in total. The summed E-state index contributed by atoms with van der Waals surface area (Å²) in [5.41, 5.74) is 0.944. The van der Waals surface area contributed by atoms with Crippen molar-refractivity contribution in [1.29, 1.82) is 0 Å². The van der Waals surface area contributed by atoms with Crippen LogP contribution in [-0.4, -0.2) is 33.7 Å². The van der Waals surface area contributed by atoms with Crippen LogP contribution >= 0.6 is 11.6 Å². The summed E-state index contributed by atoms with van der Waals surface area (Å²) in [6, 6.07) is 0. The number of hydrogen-bond acceptors (Lipinski definition) is 5. The Hall–Kier alpha value is -1.56. The number of aromatic nitrogens is 2. The molecule has 0 bridgehead atoms. The lowest BCUT2D eigenvalue weighted by atomic mass is 10.2. The molecule has 1 aromatic heterocycles. The predicted octanol–water partition coefficient (Wildman–Crippen LogP) is 2.39. The summed E-state index contributed by atoms with van der Waals surface area (Å²) in [7, 11) is 1.51. The molecule has 1 aromatic rings. The fraction of sp³-hybridized carbons (Fsp3) is 0.583. The molecule has 0 unspecified atom stereocenters. The summed E-state index contributed by atoms with van der Waals surface area (Å²) >= 11 is 5.80. The first-order chi connectivity index (χ1) is 8.80. The molecule has 6 nitrogen and oxygen atoms in total. The highest BCUT2D eigenvalue weighted by molar-refractivity contribution is 6.28. The Bertz CT molecular complexity index is 514. The van der Waals surface area contributed by atoms with Gasteiger partial charge in [-0.3, -0.25) is 4.90 Å². The van der Waals surface area contributed by atoms with Crippen LogP contribution in [0, 0.1) is 0 Å². The second kappa shape index (κ2) is 4.85. The van der Waals surface area contributed by atoms with Crippen molar-refractivity contribution in [3.8, 4) is 5.88 Å². The minimum absolute atomic E-state index is 0.113. The van der Waals surface area contributed by atoms with E-state index in [0.29, 0.717) is 24.7 Å². The molecule has 0 radical (unpaired) electrons. The average Bonchev–Trinajstić information content (AvgIpc) is 2.69.